The van der Waals surface area contributed by atoms with E-state index in [9.17, 15) is 4.79 Å². The molecule has 6 heteroatoms. The highest BCUT2D eigenvalue weighted by atomic mass is 16.5. The second-order valence-electron chi connectivity index (χ2n) is 7.49. The molecule has 1 saturated heterocycles. The first-order valence-corrected chi connectivity index (χ1v) is 9.61. The number of hydrogen-bond donors (Lipinski definition) is 1. The number of rotatable bonds is 6. The van der Waals surface area contributed by atoms with Crippen LogP contribution in [0.1, 0.15) is 29.1 Å². The third-order valence-electron chi connectivity index (χ3n) is 5.46. The predicted molar refractivity (Wildman–Crippen MR) is 107 cm³/mol. The lowest BCUT2D eigenvalue weighted by atomic mass is 10.0. The summed E-state index contributed by atoms with van der Waals surface area (Å²) < 4.78 is 7.43. The van der Waals surface area contributed by atoms with Gasteiger partial charge in [0.25, 0.3) is 0 Å². The zero-order valence-corrected chi connectivity index (χ0v) is 16.8. The van der Waals surface area contributed by atoms with E-state index in [-0.39, 0.29) is 6.03 Å². The number of hydrogen-bond acceptors (Lipinski definition) is 3. The Kier molecular flexibility index (Phi) is 6.16. The van der Waals surface area contributed by atoms with Crippen LogP contribution >= 0.6 is 0 Å². The van der Waals surface area contributed by atoms with Crippen molar-refractivity contribution in [1.29, 1.82) is 0 Å². The smallest absolute Gasteiger partial charge is 0.321 e. The summed E-state index contributed by atoms with van der Waals surface area (Å²) in [6, 6.07) is 6.01. The van der Waals surface area contributed by atoms with E-state index >= 15 is 0 Å². The van der Waals surface area contributed by atoms with E-state index in [2.05, 4.69) is 35.6 Å². The maximum Gasteiger partial charge on any atom is 0.321 e. The fourth-order valence-electron chi connectivity index (χ4n) is 3.63. The molecule has 0 bridgehead atoms. The molecule has 1 N–H and O–H groups in total. The molecule has 0 aliphatic carbocycles. The summed E-state index contributed by atoms with van der Waals surface area (Å²) in [6.07, 6.45) is 3.83. The fourth-order valence-corrected chi connectivity index (χ4v) is 3.63. The number of nitrogens with one attached hydrogen (secondary N) is 1. The van der Waals surface area contributed by atoms with Crippen LogP contribution < -0.4 is 5.32 Å². The monoisotopic (exact) mass is 370 g/mol. The number of urea groups is 1. The van der Waals surface area contributed by atoms with Crippen LogP contribution in [0.4, 0.5) is 10.5 Å². The largest absolute Gasteiger partial charge is 0.383 e. The molecule has 2 heterocycles. The molecule has 0 saturated carbocycles. The minimum absolute atomic E-state index is 0.0142. The number of benzene rings is 1. The number of carbonyl (C=O) groups is 1. The highest BCUT2D eigenvalue weighted by Crippen LogP contribution is 2.22. The second kappa shape index (κ2) is 8.57. The lowest BCUT2D eigenvalue weighted by molar-refractivity contribution is 0.185. The van der Waals surface area contributed by atoms with Crippen molar-refractivity contribution in [2.75, 3.05) is 32.1 Å². The number of anilines is 1. The normalized spacial score (nSPS) is 16.7. The van der Waals surface area contributed by atoms with Gasteiger partial charge >= 0.3 is 6.03 Å². The van der Waals surface area contributed by atoms with Crippen molar-refractivity contribution in [3.05, 3.63) is 47.0 Å². The average Bonchev–Trinajstić information content (AvgIpc) is 3.24. The van der Waals surface area contributed by atoms with E-state index in [1.165, 1.54) is 11.1 Å². The van der Waals surface area contributed by atoms with Crippen molar-refractivity contribution < 1.29 is 9.53 Å². The Bertz CT molecular complexity index is 799. The topological polar surface area (TPSA) is 59.4 Å². The van der Waals surface area contributed by atoms with Gasteiger partial charge in [-0.2, -0.15) is 0 Å². The van der Waals surface area contributed by atoms with Gasteiger partial charge in [0.2, 0.25) is 0 Å². The molecule has 1 fully saturated rings. The third-order valence-corrected chi connectivity index (χ3v) is 5.46. The zero-order valence-electron chi connectivity index (χ0n) is 16.8. The Labute approximate surface area is 161 Å². The Balaban J connectivity index is 1.57. The number of methoxy groups -OCH3 is 1. The Morgan fingerprint density at radius 1 is 1.30 bits per heavy atom. The van der Waals surface area contributed by atoms with Crippen molar-refractivity contribution in [2.45, 2.75) is 40.2 Å². The van der Waals surface area contributed by atoms with Crippen LogP contribution in [0.2, 0.25) is 0 Å². The first-order chi connectivity index (χ1) is 13.0. The molecule has 0 unspecified atom stereocenters. The summed E-state index contributed by atoms with van der Waals surface area (Å²) >= 11 is 0. The maximum absolute atomic E-state index is 12.6. The van der Waals surface area contributed by atoms with Crippen molar-refractivity contribution in [1.82, 2.24) is 14.5 Å². The summed E-state index contributed by atoms with van der Waals surface area (Å²) in [6.45, 7) is 9.27. The van der Waals surface area contributed by atoms with Gasteiger partial charge in [0.15, 0.2) is 0 Å². The number of likely N-dealkylation sites (tertiary alicyclic amines) is 1. The van der Waals surface area contributed by atoms with Crippen LogP contribution in [0.25, 0.3) is 0 Å². The highest BCUT2D eigenvalue weighted by Gasteiger charge is 2.27. The number of aryl methyl sites for hydroxylation is 3. The predicted octanol–water partition coefficient (Wildman–Crippen LogP) is 3.55. The molecular weight excluding hydrogens is 340 g/mol. The van der Waals surface area contributed by atoms with Crippen LogP contribution in [0.15, 0.2) is 24.4 Å². The van der Waals surface area contributed by atoms with E-state index in [0.717, 1.165) is 49.7 Å². The van der Waals surface area contributed by atoms with E-state index in [0.29, 0.717) is 12.5 Å². The van der Waals surface area contributed by atoms with E-state index < -0.39 is 0 Å². The first kappa shape index (κ1) is 19.4. The quantitative estimate of drug-likeness (QED) is 0.846. The van der Waals surface area contributed by atoms with Gasteiger partial charge in [0.05, 0.1) is 6.61 Å². The zero-order chi connectivity index (χ0) is 19.4. The number of ether oxygens (including phenoxy) is 1. The van der Waals surface area contributed by atoms with Crippen LogP contribution in [0.3, 0.4) is 0 Å². The molecular formula is C21H30N4O2. The number of imidazole rings is 1. The van der Waals surface area contributed by atoms with Gasteiger partial charge in [0.1, 0.15) is 5.82 Å². The van der Waals surface area contributed by atoms with Crippen LogP contribution in [-0.4, -0.2) is 47.3 Å². The molecule has 146 valence electrons. The summed E-state index contributed by atoms with van der Waals surface area (Å²) in [5.41, 5.74) is 4.43. The molecule has 0 radical (unpaired) electrons. The van der Waals surface area contributed by atoms with Gasteiger partial charge in [-0.3, -0.25) is 0 Å². The van der Waals surface area contributed by atoms with E-state index in [4.69, 9.17) is 4.74 Å². The fraction of sp³-hybridized carbons (Fsp3) is 0.524. The van der Waals surface area contributed by atoms with Gasteiger partial charge in [-0.15, -0.1) is 0 Å². The molecule has 2 aromatic rings. The van der Waals surface area contributed by atoms with Gasteiger partial charge in [-0.05, 0) is 56.4 Å². The maximum atomic E-state index is 12.6. The third kappa shape index (κ3) is 4.69. The second-order valence-corrected chi connectivity index (χ2v) is 7.49. The van der Waals surface area contributed by atoms with E-state index in [1.54, 1.807) is 7.11 Å². The molecule has 1 aliphatic rings. The van der Waals surface area contributed by atoms with Gasteiger partial charge < -0.3 is 19.5 Å². The molecule has 2 amide bonds. The molecule has 3 rings (SSSR count). The van der Waals surface area contributed by atoms with Gasteiger partial charge in [-0.1, -0.05) is 6.07 Å². The standard InChI is InChI=1S/C21H30N4O2/c1-15-5-6-19(11-16(15)2)23-21(26)24-8-7-18(14-24)12-20-22-13-17(3)25(20)9-10-27-4/h5-6,11,13,18H,7-10,12,14H2,1-4H3,(H,23,26)/t18-/m1/s1. The minimum atomic E-state index is -0.0142. The number of amides is 2. The van der Waals surface area contributed by atoms with Crippen LogP contribution in [0, 0.1) is 26.7 Å². The summed E-state index contributed by atoms with van der Waals surface area (Å²) in [5, 5.41) is 3.03. The Morgan fingerprint density at radius 3 is 2.85 bits per heavy atom. The minimum Gasteiger partial charge on any atom is -0.383 e. The van der Waals surface area contributed by atoms with Gasteiger partial charge in [0, 0.05) is 50.7 Å². The first-order valence-electron chi connectivity index (χ1n) is 9.61. The van der Waals surface area contributed by atoms with Crippen LogP contribution in [-0.2, 0) is 17.7 Å². The van der Waals surface area contributed by atoms with Crippen molar-refractivity contribution in [3.8, 4) is 0 Å². The van der Waals surface area contributed by atoms with Crippen molar-refractivity contribution >= 4 is 11.7 Å². The lowest BCUT2D eigenvalue weighted by Gasteiger charge is -2.18. The van der Waals surface area contributed by atoms with E-state index in [1.807, 2.05) is 29.3 Å². The number of carbonyl (C=O) groups excluding carboxylic acids is 1. The van der Waals surface area contributed by atoms with Crippen LogP contribution in [0.5, 0.6) is 0 Å². The SMILES string of the molecule is COCCn1c(C)cnc1C[C@H]1CCN(C(=O)Nc2ccc(C)c(C)c2)C1. The molecule has 6 nitrogen and oxygen atoms in total. The Morgan fingerprint density at radius 2 is 2.11 bits per heavy atom. The average molecular weight is 370 g/mol. The number of aromatic nitrogens is 2. The van der Waals surface area contributed by atoms with Gasteiger partial charge in [-0.25, -0.2) is 9.78 Å². The number of nitrogens with zero attached hydrogens (tertiary/aromatic N) is 3. The summed E-state index contributed by atoms with van der Waals surface area (Å²) in [4.78, 5) is 19.1. The molecule has 1 atom stereocenters. The highest BCUT2D eigenvalue weighted by molar-refractivity contribution is 5.89. The van der Waals surface area contributed by atoms with Crippen molar-refractivity contribution in [3.63, 3.8) is 0 Å². The van der Waals surface area contributed by atoms with Crippen molar-refractivity contribution in [2.24, 2.45) is 5.92 Å². The molecule has 1 aliphatic heterocycles. The molecule has 0 spiro atoms. The molecule has 27 heavy (non-hydrogen) atoms. The summed E-state index contributed by atoms with van der Waals surface area (Å²) in [7, 11) is 1.72. The lowest BCUT2D eigenvalue weighted by Crippen LogP contribution is -2.33. The Hall–Kier alpha value is -2.34. The summed E-state index contributed by atoms with van der Waals surface area (Å²) in [5.74, 6) is 1.53. The molecule has 1 aromatic carbocycles. The molecule has 1 aromatic heterocycles.